The van der Waals surface area contributed by atoms with Gasteiger partial charge in [-0.05, 0) is 30.7 Å². The number of carbonyl (C=O) groups is 1. The molecule has 1 fully saturated rings. The lowest BCUT2D eigenvalue weighted by Crippen LogP contribution is -2.53. The molecule has 4 N–H and O–H groups in total. The molecule has 4 aromatic rings. The van der Waals surface area contributed by atoms with E-state index in [0.29, 0.717) is 33.3 Å². The molecule has 9 nitrogen and oxygen atoms in total. The van der Waals surface area contributed by atoms with Crippen LogP contribution in [0.15, 0.2) is 54.9 Å². The van der Waals surface area contributed by atoms with Gasteiger partial charge in [-0.1, -0.05) is 30.3 Å². The molecule has 0 spiro atoms. The van der Waals surface area contributed by atoms with Gasteiger partial charge in [-0.15, -0.1) is 0 Å². The van der Waals surface area contributed by atoms with E-state index in [-0.39, 0.29) is 36.2 Å². The van der Waals surface area contributed by atoms with Crippen LogP contribution in [0.25, 0.3) is 22.0 Å². The molecule has 36 heavy (non-hydrogen) atoms. The fourth-order valence-corrected chi connectivity index (χ4v) is 4.36. The number of aliphatic hydroxyl groups is 1. The molecule has 10 heteroatoms. The molecule has 2 aromatic heterocycles. The lowest BCUT2D eigenvalue weighted by molar-refractivity contribution is 0.00607. The molecule has 1 atom stereocenters. The number of anilines is 2. The Balaban J connectivity index is 1.75. The van der Waals surface area contributed by atoms with Crippen LogP contribution in [0.1, 0.15) is 34.6 Å². The van der Waals surface area contributed by atoms with Crippen molar-refractivity contribution in [1.29, 1.82) is 5.26 Å². The number of hydrogen-bond donors (Lipinski definition) is 3. The van der Waals surface area contributed by atoms with Gasteiger partial charge in [0, 0.05) is 24.0 Å². The van der Waals surface area contributed by atoms with Crippen molar-refractivity contribution >= 4 is 28.4 Å². The molecule has 1 aliphatic heterocycles. The second kappa shape index (κ2) is 9.20. The van der Waals surface area contributed by atoms with Crippen molar-refractivity contribution in [1.82, 2.24) is 19.9 Å². The summed E-state index contributed by atoms with van der Waals surface area (Å²) in [6.07, 6.45) is 0.663. The maximum atomic E-state index is 14.4. The Kier molecular flexibility index (Phi) is 5.91. The topological polar surface area (TPSA) is 141 Å². The van der Waals surface area contributed by atoms with Crippen LogP contribution in [0.2, 0.25) is 0 Å². The maximum Gasteiger partial charge on any atom is 0.255 e. The Morgan fingerprint density at radius 3 is 2.69 bits per heavy atom. The summed E-state index contributed by atoms with van der Waals surface area (Å²) >= 11 is 0. The van der Waals surface area contributed by atoms with Crippen LogP contribution in [-0.2, 0) is 0 Å². The Hall–Kier alpha value is -4.62. The SMILES string of the molecule is C[C@H](Nc1ncnc(N)c1C#N)c1nc2ccc(F)cc2c(C(=O)N2CC(O)C2)c1-c1ccccc1. The first-order valence-electron chi connectivity index (χ1n) is 11.3. The summed E-state index contributed by atoms with van der Waals surface area (Å²) in [5.74, 6) is -0.541. The molecule has 5 rings (SSSR count). The van der Waals surface area contributed by atoms with Gasteiger partial charge in [-0.25, -0.2) is 19.3 Å². The number of carbonyl (C=O) groups excluding carboxylic acids is 1. The number of nitrogens with two attached hydrogens (primary N) is 1. The predicted octanol–water partition coefficient (Wildman–Crippen LogP) is 3.27. The molecule has 1 saturated heterocycles. The van der Waals surface area contributed by atoms with Crippen LogP contribution in [0.5, 0.6) is 0 Å². The molecule has 1 aliphatic rings. The number of aliphatic hydroxyl groups excluding tert-OH is 1. The van der Waals surface area contributed by atoms with Gasteiger partial charge in [0.2, 0.25) is 0 Å². The number of fused-ring (bicyclic) bond motifs is 1. The van der Waals surface area contributed by atoms with Gasteiger partial charge >= 0.3 is 0 Å². The quantitative estimate of drug-likeness (QED) is 0.393. The number of β-amino-alcohol motifs (C(OH)–C–C–N with tert-alkyl or cyclic N) is 1. The van der Waals surface area contributed by atoms with Gasteiger partial charge in [-0.3, -0.25) is 4.79 Å². The van der Waals surface area contributed by atoms with E-state index in [4.69, 9.17) is 10.7 Å². The third-order valence-electron chi connectivity index (χ3n) is 6.15. The average molecular weight is 484 g/mol. The third kappa shape index (κ3) is 4.06. The van der Waals surface area contributed by atoms with Crippen LogP contribution in [0, 0.1) is 17.1 Å². The summed E-state index contributed by atoms with van der Waals surface area (Å²) < 4.78 is 14.4. The number of halogens is 1. The number of amides is 1. The largest absolute Gasteiger partial charge is 0.389 e. The molecular weight excluding hydrogens is 461 g/mol. The summed E-state index contributed by atoms with van der Waals surface area (Å²) in [7, 11) is 0. The molecular formula is C26H22FN7O2. The lowest BCUT2D eigenvalue weighted by atomic mass is 9.90. The van der Waals surface area contributed by atoms with Gasteiger partial charge < -0.3 is 21.1 Å². The van der Waals surface area contributed by atoms with Crippen LogP contribution in [0.4, 0.5) is 16.0 Å². The minimum absolute atomic E-state index is 0.0413. The van der Waals surface area contributed by atoms with Crippen molar-refractivity contribution in [3.8, 4) is 17.2 Å². The Morgan fingerprint density at radius 2 is 2.00 bits per heavy atom. The van der Waals surface area contributed by atoms with E-state index < -0.39 is 18.0 Å². The van der Waals surface area contributed by atoms with Crippen LogP contribution in [-0.4, -0.2) is 50.1 Å². The zero-order chi connectivity index (χ0) is 25.4. The van der Waals surface area contributed by atoms with Gasteiger partial charge in [-0.2, -0.15) is 5.26 Å². The number of nitrogens with zero attached hydrogens (tertiary/aromatic N) is 5. The Labute approximate surface area is 206 Å². The predicted molar refractivity (Wildman–Crippen MR) is 132 cm³/mol. The van der Waals surface area contributed by atoms with E-state index >= 15 is 0 Å². The van der Waals surface area contributed by atoms with Gasteiger partial charge in [0.1, 0.15) is 35.4 Å². The number of nitrogens with one attached hydrogen (secondary N) is 1. The minimum Gasteiger partial charge on any atom is -0.389 e. The first-order chi connectivity index (χ1) is 17.4. The van der Waals surface area contributed by atoms with Crippen LogP contribution in [0.3, 0.4) is 0 Å². The number of benzene rings is 2. The Bertz CT molecular complexity index is 1510. The van der Waals surface area contributed by atoms with Crippen molar-refractivity contribution in [3.63, 3.8) is 0 Å². The molecule has 180 valence electrons. The molecule has 0 aliphatic carbocycles. The van der Waals surface area contributed by atoms with E-state index in [9.17, 15) is 19.6 Å². The summed E-state index contributed by atoms with van der Waals surface area (Å²) in [5, 5.41) is 22.9. The number of hydrogen-bond acceptors (Lipinski definition) is 8. The van der Waals surface area contributed by atoms with Crippen LogP contribution >= 0.6 is 0 Å². The standard InChI is InChI=1S/C26H22FN7O2/c1-14(32-25-19(10-28)24(29)30-13-31-25)23-21(15-5-3-2-4-6-15)22(26(36)34-11-17(35)12-34)18-9-16(27)7-8-20(18)33-23/h2-9,13-14,17,35H,11-12H2,1H3,(H3,29,30,31,32)/t14-/m0/s1. The number of nitriles is 1. The normalized spacial score (nSPS) is 14.2. The highest BCUT2D eigenvalue weighted by atomic mass is 19.1. The molecule has 0 saturated carbocycles. The number of aromatic nitrogens is 3. The van der Waals surface area contributed by atoms with Gasteiger partial charge in [0.25, 0.3) is 5.91 Å². The zero-order valence-electron chi connectivity index (χ0n) is 19.3. The number of nitrogen functional groups attached to an aromatic ring is 1. The van der Waals surface area contributed by atoms with E-state index in [1.165, 1.54) is 29.4 Å². The first kappa shape index (κ1) is 23.1. The van der Waals surface area contributed by atoms with E-state index in [2.05, 4.69) is 15.3 Å². The van der Waals surface area contributed by atoms with Gasteiger partial charge in [0.05, 0.1) is 28.9 Å². The smallest absolute Gasteiger partial charge is 0.255 e. The van der Waals surface area contributed by atoms with Crippen molar-refractivity contribution in [2.45, 2.75) is 19.1 Å². The van der Waals surface area contributed by atoms with Gasteiger partial charge in [0.15, 0.2) is 0 Å². The second-order valence-electron chi connectivity index (χ2n) is 8.60. The van der Waals surface area contributed by atoms with Crippen molar-refractivity contribution < 1.29 is 14.3 Å². The number of likely N-dealkylation sites (tertiary alicyclic amines) is 1. The number of rotatable bonds is 5. The molecule has 0 unspecified atom stereocenters. The molecule has 0 radical (unpaired) electrons. The van der Waals surface area contributed by atoms with E-state index in [1.807, 2.05) is 43.3 Å². The zero-order valence-corrected chi connectivity index (χ0v) is 19.3. The first-order valence-corrected chi connectivity index (χ1v) is 11.3. The monoisotopic (exact) mass is 483 g/mol. The lowest BCUT2D eigenvalue weighted by Gasteiger charge is -2.37. The highest BCUT2D eigenvalue weighted by molar-refractivity contribution is 6.12. The summed E-state index contributed by atoms with van der Waals surface area (Å²) in [4.78, 5) is 28.1. The van der Waals surface area contributed by atoms with Crippen molar-refractivity contribution in [2.24, 2.45) is 0 Å². The highest BCUT2D eigenvalue weighted by Gasteiger charge is 2.34. The summed E-state index contributed by atoms with van der Waals surface area (Å²) in [6.45, 7) is 2.22. The summed E-state index contributed by atoms with van der Waals surface area (Å²) in [6, 6.07) is 14.8. The second-order valence-corrected chi connectivity index (χ2v) is 8.60. The highest BCUT2D eigenvalue weighted by Crippen LogP contribution is 2.38. The molecule has 2 aromatic carbocycles. The van der Waals surface area contributed by atoms with Crippen LogP contribution < -0.4 is 11.1 Å². The van der Waals surface area contributed by atoms with Crippen molar-refractivity contribution in [3.05, 3.63) is 77.5 Å². The molecule has 1 amide bonds. The van der Waals surface area contributed by atoms with E-state index in [0.717, 1.165) is 0 Å². The van der Waals surface area contributed by atoms with E-state index in [1.54, 1.807) is 0 Å². The fourth-order valence-electron chi connectivity index (χ4n) is 4.36. The Morgan fingerprint density at radius 1 is 1.25 bits per heavy atom. The average Bonchev–Trinajstić information content (AvgIpc) is 2.86. The third-order valence-corrected chi connectivity index (χ3v) is 6.15. The minimum atomic E-state index is -0.591. The molecule has 0 bridgehead atoms. The molecule has 3 heterocycles. The van der Waals surface area contributed by atoms with Crippen molar-refractivity contribution in [2.75, 3.05) is 24.1 Å². The fraction of sp³-hybridized carbons (Fsp3) is 0.192. The maximum absolute atomic E-state index is 14.4. The number of pyridine rings is 1. The summed E-state index contributed by atoms with van der Waals surface area (Å²) in [5.41, 5.74) is 8.43.